The summed E-state index contributed by atoms with van der Waals surface area (Å²) < 4.78 is 10.4. The fraction of sp³-hybridized carbons (Fsp3) is 0.370. The predicted octanol–water partition coefficient (Wildman–Crippen LogP) is 3.69. The van der Waals surface area contributed by atoms with Gasteiger partial charge in [-0.25, -0.2) is 0 Å². The van der Waals surface area contributed by atoms with Crippen LogP contribution in [0.2, 0.25) is 0 Å². The molecule has 186 valence electrons. The molecule has 3 rings (SSSR count). The third kappa shape index (κ3) is 5.54. The van der Waals surface area contributed by atoms with Crippen LogP contribution in [0.3, 0.4) is 0 Å². The van der Waals surface area contributed by atoms with E-state index in [0.29, 0.717) is 35.7 Å². The van der Waals surface area contributed by atoms with E-state index < -0.39 is 23.7 Å². The molecule has 0 aliphatic carbocycles. The molecule has 1 aliphatic rings. The normalized spacial score (nSPS) is 17.2. The number of aliphatic hydroxyl groups is 1. The zero-order chi connectivity index (χ0) is 25.7. The van der Waals surface area contributed by atoms with Gasteiger partial charge in [0.25, 0.3) is 11.7 Å². The molecule has 8 nitrogen and oxygen atoms in total. The molecule has 1 unspecified atom stereocenters. The fourth-order valence-corrected chi connectivity index (χ4v) is 4.31. The maximum atomic E-state index is 13.2. The number of likely N-dealkylation sites (tertiary alicyclic amines) is 1. The van der Waals surface area contributed by atoms with E-state index in [0.717, 1.165) is 18.7 Å². The highest BCUT2D eigenvalue weighted by Crippen LogP contribution is 2.40. The number of hydrogen-bond acceptors (Lipinski definition) is 7. The first-order valence-electron chi connectivity index (χ1n) is 11.7. The molecule has 8 heteroatoms. The second kappa shape index (κ2) is 11.2. The van der Waals surface area contributed by atoms with E-state index in [1.165, 1.54) is 11.8 Å². The molecule has 35 heavy (non-hydrogen) atoms. The Hall–Kier alpha value is -3.65. The highest BCUT2D eigenvalue weighted by molar-refractivity contribution is 6.46. The number of Topliss-reactive ketones (excluding diaryl/α,β-unsaturated/α-hetero) is 1. The van der Waals surface area contributed by atoms with E-state index in [9.17, 15) is 19.5 Å². The molecular weight excluding hydrogens is 448 g/mol. The Labute approximate surface area is 205 Å². The van der Waals surface area contributed by atoms with Gasteiger partial charge in [-0.05, 0) is 61.5 Å². The van der Waals surface area contributed by atoms with Crippen molar-refractivity contribution in [3.05, 3.63) is 64.7 Å². The summed E-state index contributed by atoms with van der Waals surface area (Å²) in [7, 11) is 1.56. The highest BCUT2D eigenvalue weighted by atomic mass is 16.5. The lowest BCUT2D eigenvalue weighted by molar-refractivity contribution is -0.140. The van der Waals surface area contributed by atoms with E-state index >= 15 is 0 Å². The van der Waals surface area contributed by atoms with E-state index in [1.54, 1.807) is 49.6 Å². The third-order valence-corrected chi connectivity index (χ3v) is 6.22. The van der Waals surface area contributed by atoms with Gasteiger partial charge in [-0.2, -0.15) is 0 Å². The van der Waals surface area contributed by atoms with Gasteiger partial charge in [0.15, 0.2) is 0 Å². The molecule has 0 radical (unpaired) electrons. The van der Waals surface area contributed by atoms with Crippen LogP contribution >= 0.6 is 0 Å². The number of esters is 1. The predicted molar refractivity (Wildman–Crippen MR) is 132 cm³/mol. The number of amides is 1. The summed E-state index contributed by atoms with van der Waals surface area (Å²) in [5, 5.41) is 11.2. The van der Waals surface area contributed by atoms with Crippen LogP contribution in [0.5, 0.6) is 11.5 Å². The number of benzene rings is 2. The number of methoxy groups -OCH3 is 1. The average molecular weight is 481 g/mol. The first kappa shape index (κ1) is 26.0. The van der Waals surface area contributed by atoms with Gasteiger partial charge in [0, 0.05) is 25.6 Å². The summed E-state index contributed by atoms with van der Waals surface area (Å²) in [6, 6.07) is 10.9. The van der Waals surface area contributed by atoms with Crippen LogP contribution in [-0.4, -0.2) is 65.9 Å². The van der Waals surface area contributed by atoms with Crippen molar-refractivity contribution in [1.82, 2.24) is 9.80 Å². The fourth-order valence-electron chi connectivity index (χ4n) is 4.31. The molecule has 1 heterocycles. The number of aliphatic hydroxyl groups excluding tert-OH is 1. The Bertz CT molecular complexity index is 1130. The summed E-state index contributed by atoms with van der Waals surface area (Å²) >= 11 is 0. The minimum atomic E-state index is -0.778. The molecule has 2 aromatic rings. The van der Waals surface area contributed by atoms with Crippen molar-refractivity contribution in [3.63, 3.8) is 0 Å². The van der Waals surface area contributed by atoms with Crippen molar-refractivity contribution in [3.8, 4) is 11.5 Å². The van der Waals surface area contributed by atoms with Crippen molar-refractivity contribution < 1.29 is 29.0 Å². The van der Waals surface area contributed by atoms with Crippen molar-refractivity contribution in [2.45, 2.75) is 33.7 Å². The van der Waals surface area contributed by atoms with Gasteiger partial charge in [-0.3, -0.25) is 14.4 Å². The SMILES string of the molecule is CCN(CC)CCN1C(=O)C(=O)/C(=C(\O)c2ccc(OC)c(C)c2)C1c1ccc(OC(C)=O)cc1. The Kier molecular flexibility index (Phi) is 8.30. The summed E-state index contributed by atoms with van der Waals surface area (Å²) in [5.41, 5.74) is 1.87. The molecule has 1 aliphatic heterocycles. The molecule has 1 fully saturated rings. The quantitative estimate of drug-likeness (QED) is 0.192. The van der Waals surface area contributed by atoms with Gasteiger partial charge in [0.05, 0.1) is 18.7 Å². The number of aryl methyl sites for hydroxylation is 1. The molecule has 1 atom stereocenters. The van der Waals surface area contributed by atoms with Gasteiger partial charge in [-0.15, -0.1) is 0 Å². The highest BCUT2D eigenvalue weighted by Gasteiger charge is 2.46. The largest absolute Gasteiger partial charge is 0.507 e. The first-order valence-corrected chi connectivity index (χ1v) is 11.7. The Morgan fingerprint density at radius 1 is 1.09 bits per heavy atom. The van der Waals surface area contributed by atoms with Crippen LogP contribution < -0.4 is 9.47 Å². The summed E-state index contributed by atoms with van der Waals surface area (Å²) in [5.74, 6) is -1.07. The molecule has 1 saturated heterocycles. The van der Waals surface area contributed by atoms with Crippen LogP contribution in [0.1, 0.15) is 43.5 Å². The maximum absolute atomic E-state index is 13.2. The second-order valence-electron chi connectivity index (χ2n) is 8.37. The van der Waals surface area contributed by atoms with Crippen molar-refractivity contribution in [1.29, 1.82) is 0 Å². The first-order chi connectivity index (χ1) is 16.7. The van der Waals surface area contributed by atoms with Crippen molar-refractivity contribution in [2.24, 2.45) is 0 Å². The van der Waals surface area contributed by atoms with Crippen molar-refractivity contribution in [2.75, 3.05) is 33.3 Å². The standard InChI is InChI=1S/C27H32N2O6/c1-6-28(7-2)14-15-29-24(19-8-11-21(12-9-19)35-18(4)30)23(26(32)27(29)33)25(31)20-10-13-22(34-5)17(3)16-20/h8-13,16,24,31H,6-7,14-15H2,1-5H3/b25-23-. The third-order valence-electron chi connectivity index (χ3n) is 6.22. The number of carbonyl (C=O) groups excluding carboxylic acids is 3. The lowest BCUT2D eigenvalue weighted by Crippen LogP contribution is -2.38. The Morgan fingerprint density at radius 2 is 1.74 bits per heavy atom. The number of nitrogens with zero attached hydrogens (tertiary/aromatic N) is 2. The molecular formula is C27H32N2O6. The van der Waals surface area contributed by atoms with Gasteiger partial charge in [-0.1, -0.05) is 26.0 Å². The maximum Gasteiger partial charge on any atom is 0.308 e. The van der Waals surface area contributed by atoms with Crippen LogP contribution in [0.25, 0.3) is 5.76 Å². The topological polar surface area (TPSA) is 96.4 Å². The molecule has 0 saturated carbocycles. The summed E-state index contributed by atoms with van der Waals surface area (Å²) in [6.07, 6.45) is 0. The number of ketones is 1. The Balaban J connectivity index is 2.10. The Morgan fingerprint density at radius 3 is 2.29 bits per heavy atom. The van der Waals surface area contributed by atoms with Gasteiger partial charge >= 0.3 is 5.97 Å². The second-order valence-corrected chi connectivity index (χ2v) is 8.37. The molecule has 1 N–H and O–H groups in total. The number of likely N-dealkylation sites (N-methyl/N-ethyl adjacent to an activating group) is 1. The molecule has 1 amide bonds. The lowest BCUT2D eigenvalue weighted by atomic mass is 9.94. The number of carbonyl (C=O) groups is 3. The minimum absolute atomic E-state index is 0.0272. The van der Waals surface area contributed by atoms with Gasteiger partial charge < -0.3 is 24.4 Å². The monoisotopic (exact) mass is 480 g/mol. The van der Waals surface area contributed by atoms with E-state index in [2.05, 4.69) is 4.90 Å². The number of hydrogen-bond donors (Lipinski definition) is 1. The zero-order valence-electron chi connectivity index (χ0n) is 20.8. The molecule has 2 aromatic carbocycles. The smallest absolute Gasteiger partial charge is 0.308 e. The zero-order valence-corrected chi connectivity index (χ0v) is 20.8. The van der Waals surface area contributed by atoms with Crippen LogP contribution in [-0.2, 0) is 14.4 Å². The van der Waals surface area contributed by atoms with Crippen LogP contribution in [0, 0.1) is 6.92 Å². The minimum Gasteiger partial charge on any atom is -0.507 e. The van der Waals surface area contributed by atoms with E-state index in [4.69, 9.17) is 9.47 Å². The summed E-state index contributed by atoms with van der Waals surface area (Å²) in [4.78, 5) is 41.3. The van der Waals surface area contributed by atoms with Crippen molar-refractivity contribution >= 4 is 23.4 Å². The van der Waals surface area contributed by atoms with Crippen LogP contribution in [0.15, 0.2) is 48.0 Å². The van der Waals surface area contributed by atoms with Gasteiger partial charge in [0.1, 0.15) is 17.3 Å². The molecule has 0 bridgehead atoms. The summed E-state index contributed by atoms with van der Waals surface area (Å²) in [6.45, 7) is 9.76. The molecule has 0 aromatic heterocycles. The van der Waals surface area contributed by atoms with Gasteiger partial charge in [0.2, 0.25) is 0 Å². The number of rotatable bonds is 9. The van der Waals surface area contributed by atoms with E-state index in [-0.39, 0.29) is 11.3 Å². The van der Waals surface area contributed by atoms with E-state index in [1.807, 2.05) is 20.8 Å². The van der Waals surface area contributed by atoms with Crippen LogP contribution in [0.4, 0.5) is 0 Å². The lowest BCUT2D eigenvalue weighted by Gasteiger charge is -2.28. The molecule has 0 spiro atoms. The number of ether oxygens (including phenoxy) is 2. The average Bonchev–Trinajstić information content (AvgIpc) is 3.09.